The summed E-state index contributed by atoms with van der Waals surface area (Å²) >= 11 is 0. The minimum absolute atomic E-state index is 0.0108. The van der Waals surface area contributed by atoms with E-state index in [2.05, 4.69) is 10.6 Å². The normalized spacial score (nSPS) is 14.8. The number of anilines is 1. The zero-order valence-corrected chi connectivity index (χ0v) is 18.9. The third-order valence-corrected chi connectivity index (χ3v) is 4.65. The number of rotatable bonds is 6. The number of nitrogens with one attached hydrogen (secondary N) is 2. The van der Waals surface area contributed by atoms with Gasteiger partial charge in [-0.05, 0) is 52.7 Å². The second kappa shape index (κ2) is 11.2. The van der Waals surface area contributed by atoms with Gasteiger partial charge in [-0.2, -0.15) is 5.26 Å². The number of esters is 1. The predicted molar refractivity (Wildman–Crippen MR) is 119 cm³/mol. The summed E-state index contributed by atoms with van der Waals surface area (Å²) < 4.78 is 10.4. The van der Waals surface area contributed by atoms with Crippen molar-refractivity contribution in [3.05, 3.63) is 41.6 Å². The Balaban J connectivity index is 1.95. The van der Waals surface area contributed by atoms with Gasteiger partial charge in [0.2, 0.25) is 0 Å². The molecule has 0 unspecified atom stereocenters. The van der Waals surface area contributed by atoms with Crippen LogP contribution in [0.2, 0.25) is 0 Å². The molecule has 9 nitrogen and oxygen atoms in total. The number of nitrogens with zero attached hydrogens (tertiary/aromatic N) is 2. The Morgan fingerprint density at radius 2 is 1.88 bits per heavy atom. The van der Waals surface area contributed by atoms with Crippen LogP contribution in [0.25, 0.3) is 0 Å². The van der Waals surface area contributed by atoms with Gasteiger partial charge in [-0.15, -0.1) is 0 Å². The van der Waals surface area contributed by atoms with E-state index in [0.717, 1.165) is 0 Å². The minimum Gasteiger partial charge on any atom is -0.462 e. The fourth-order valence-corrected chi connectivity index (χ4v) is 3.07. The number of likely N-dealkylation sites (tertiary alicyclic amines) is 1. The van der Waals surface area contributed by atoms with Gasteiger partial charge < -0.3 is 25.0 Å². The van der Waals surface area contributed by atoms with E-state index in [1.807, 2.05) is 26.8 Å². The zero-order chi connectivity index (χ0) is 23.7. The number of para-hydroxylation sites is 1. The Bertz CT molecular complexity index is 906. The van der Waals surface area contributed by atoms with Crippen molar-refractivity contribution in [3.8, 4) is 6.07 Å². The lowest BCUT2D eigenvalue weighted by atomic mass is 10.1. The third-order valence-electron chi connectivity index (χ3n) is 4.65. The van der Waals surface area contributed by atoms with E-state index in [1.165, 1.54) is 6.20 Å². The monoisotopic (exact) mass is 442 g/mol. The number of carbonyl (C=O) groups excluding carboxylic acids is 3. The minimum atomic E-state index is -0.636. The second-order valence-electron chi connectivity index (χ2n) is 8.30. The summed E-state index contributed by atoms with van der Waals surface area (Å²) in [6, 6.07) is 8.33. The first-order valence-corrected chi connectivity index (χ1v) is 10.6. The SMILES string of the molecule is CCOC(=O)c1ccccc1NC(=O)/C(C#N)=C\NC1CCN(C(=O)OC(C)(C)C)CC1. The molecule has 1 aromatic rings. The van der Waals surface area contributed by atoms with Gasteiger partial charge in [-0.3, -0.25) is 4.79 Å². The van der Waals surface area contributed by atoms with Crippen molar-refractivity contribution in [3.63, 3.8) is 0 Å². The fraction of sp³-hybridized carbons (Fsp3) is 0.478. The van der Waals surface area contributed by atoms with E-state index >= 15 is 0 Å². The Labute approximate surface area is 188 Å². The summed E-state index contributed by atoms with van der Waals surface area (Å²) in [5.41, 5.74) is -0.195. The highest BCUT2D eigenvalue weighted by molar-refractivity contribution is 6.09. The largest absolute Gasteiger partial charge is 0.462 e. The second-order valence-corrected chi connectivity index (χ2v) is 8.30. The van der Waals surface area contributed by atoms with Crippen LogP contribution >= 0.6 is 0 Å². The molecule has 0 atom stereocenters. The molecule has 2 rings (SSSR count). The molecule has 1 fully saturated rings. The number of carbonyl (C=O) groups is 3. The van der Waals surface area contributed by atoms with Gasteiger partial charge in [-0.25, -0.2) is 9.59 Å². The summed E-state index contributed by atoms with van der Waals surface area (Å²) in [4.78, 5) is 38.4. The number of hydrogen-bond acceptors (Lipinski definition) is 7. The molecular weight excluding hydrogens is 412 g/mol. The van der Waals surface area contributed by atoms with Gasteiger partial charge in [0.15, 0.2) is 0 Å². The summed E-state index contributed by atoms with van der Waals surface area (Å²) in [7, 11) is 0. The van der Waals surface area contributed by atoms with E-state index in [9.17, 15) is 19.6 Å². The van der Waals surface area contributed by atoms with Gasteiger partial charge in [0.1, 0.15) is 17.2 Å². The van der Waals surface area contributed by atoms with Crippen LogP contribution in [0, 0.1) is 11.3 Å². The fourth-order valence-electron chi connectivity index (χ4n) is 3.07. The van der Waals surface area contributed by atoms with Crippen LogP contribution in [-0.4, -0.2) is 54.2 Å². The van der Waals surface area contributed by atoms with Crippen LogP contribution in [-0.2, 0) is 14.3 Å². The summed E-state index contributed by atoms with van der Waals surface area (Å²) in [5, 5.41) is 15.1. The number of piperidine rings is 1. The number of ether oxygens (including phenoxy) is 2. The molecule has 0 spiro atoms. The van der Waals surface area contributed by atoms with E-state index < -0.39 is 17.5 Å². The molecule has 172 valence electrons. The third kappa shape index (κ3) is 7.30. The molecule has 2 N–H and O–H groups in total. The highest BCUT2D eigenvalue weighted by atomic mass is 16.6. The van der Waals surface area contributed by atoms with Crippen molar-refractivity contribution in [1.29, 1.82) is 5.26 Å². The molecule has 0 saturated carbocycles. The lowest BCUT2D eigenvalue weighted by Crippen LogP contribution is -2.45. The molecule has 1 aliphatic rings. The van der Waals surface area contributed by atoms with E-state index in [0.29, 0.717) is 25.9 Å². The van der Waals surface area contributed by atoms with Crippen molar-refractivity contribution >= 4 is 23.7 Å². The average Bonchev–Trinajstić information content (AvgIpc) is 2.74. The molecule has 1 aromatic carbocycles. The topological polar surface area (TPSA) is 121 Å². The van der Waals surface area contributed by atoms with Gasteiger partial charge in [-0.1, -0.05) is 12.1 Å². The van der Waals surface area contributed by atoms with Gasteiger partial charge >= 0.3 is 12.1 Å². The lowest BCUT2D eigenvalue weighted by Gasteiger charge is -2.33. The molecule has 1 heterocycles. The van der Waals surface area contributed by atoms with Crippen LogP contribution < -0.4 is 10.6 Å². The first kappa shape index (κ1) is 24.7. The van der Waals surface area contributed by atoms with E-state index in [1.54, 1.807) is 36.1 Å². The van der Waals surface area contributed by atoms with Crippen LogP contribution in [0.1, 0.15) is 50.9 Å². The summed E-state index contributed by atoms with van der Waals surface area (Å²) in [6.45, 7) is 8.40. The van der Waals surface area contributed by atoms with Crippen molar-refractivity contribution in [2.75, 3.05) is 25.0 Å². The number of benzene rings is 1. The van der Waals surface area contributed by atoms with Crippen molar-refractivity contribution in [2.45, 2.75) is 52.2 Å². The maximum Gasteiger partial charge on any atom is 0.410 e. The molecular formula is C23H30N4O5. The molecule has 0 aliphatic carbocycles. The maximum atomic E-state index is 12.6. The zero-order valence-electron chi connectivity index (χ0n) is 18.9. The maximum absolute atomic E-state index is 12.6. The lowest BCUT2D eigenvalue weighted by molar-refractivity contribution is -0.112. The molecule has 0 bridgehead atoms. The molecule has 32 heavy (non-hydrogen) atoms. The Morgan fingerprint density at radius 3 is 2.47 bits per heavy atom. The number of hydrogen-bond donors (Lipinski definition) is 2. The summed E-state index contributed by atoms with van der Waals surface area (Å²) in [5.74, 6) is -1.19. The van der Waals surface area contributed by atoms with Crippen molar-refractivity contribution in [1.82, 2.24) is 10.2 Å². The molecule has 0 radical (unpaired) electrons. The first-order valence-electron chi connectivity index (χ1n) is 10.6. The van der Waals surface area contributed by atoms with E-state index in [-0.39, 0.29) is 35.6 Å². The van der Waals surface area contributed by atoms with Crippen LogP contribution in [0.3, 0.4) is 0 Å². The van der Waals surface area contributed by atoms with Gasteiger partial charge in [0.05, 0.1) is 17.9 Å². The van der Waals surface area contributed by atoms with Crippen LogP contribution in [0.4, 0.5) is 10.5 Å². The van der Waals surface area contributed by atoms with Gasteiger partial charge in [0, 0.05) is 25.3 Å². The molecule has 1 aliphatic heterocycles. The standard InChI is InChI=1S/C23H30N4O5/c1-5-31-21(29)18-8-6-7-9-19(18)26-20(28)16(14-24)15-25-17-10-12-27(13-11-17)22(30)32-23(2,3)4/h6-9,15,17,25H,5,10-13H2,1-4H3,(H,26,28)/b16-15-. The van der Waals surface area contributed by atoms with Crippen LogP contribution in [0.5, 0.6) is 0 Å². The Kier molecular flexibility index (Phi) is 8.64. The number of nitriles is 1. The first-order chi connectivity index (χ1) is 15.1. The highest BCUT2D eigenvalue weighted by Crippen LogP contribution is 2.18. The summed E-state index contributed by atoms with van der Waals surface area (Å²) in [6.07, 6.45) is 2.34. The van der Waals surface area contributed by atoms with Gasteiger partial charge in [0.25, 0.3) is 5.91 Å². The molecule has 0 aromatic heterocycles. The average molecular weight is 443 g/mol. The molecule has 2 amide bonds. The Morgan fingerprint density at radius 1 is 1.22 bits per heavy atom. The smallest absolute Gasteiger partial charge is 0.410 e. The Hall–Kier alpha value is -3.54. The quantitative estimate of drug-likeness (QED) is 0.394. The van der Waals surface area contributed by atoms with Crippen molar-refractivity contribution in [2.24, 2.45) is 0 Å². The van der Waals surface area contributed by atoms with E-state index in [4.69, 9.17) is 9.47 Å². The molecule has 1 saturated heterocycles. The highest BCUT2D eigenvalue weighted by Gasteiger charge is 2.26. The van der Waals surface area contributed by atoms with Crippen LogP contribution in [0.15, 0.2) is 36.0 Å². The molecule has 9 heteroatoms. The van der Waals surface area contributed by atoms with Crippen molar-refractivity contribution < 1.29 is 23.9 Å². The number of amides is 2. The predicted octanol–water partition coefficient (Wildman–Crippen LogP) is 3.20.